The predicted molar refractivity (Wildman–Crippen MR) is 116 cm³/mol. The number of carbonyl (C=O) groups excluding carboxylic acids is 1. The second kappa shape index (κ2) is 9.28. The van der Waals surface area contributed by atoms with Crippen LogP contribution < -0.4 is 10.1 Å². The quantitative estimate of drug-likeness (QED) is 0.674. The number of halogens is 1. The highest BCUT2D eigenvalue weighted by atomic mass is 79.9. The van der Waals surface area contributed by atoms with E-state index in [1.54, 1.807) is 6.07 Å². The Morgan fingerprint density at radius 1 is 1.14 bits per heavy atom. The molecule has 156 valence electrons. The summed E-state index contributed by atoms with van der Waals surface area (Å²) in [6.45, 7) is 2.86. The van der Waals surface area contributed by atoms with Gasteiger partial charge in [0.15, 0.2) is 0 Å². The number of rotatable bonds is 6. The lowest BCUT2D eigenvalue weighted by Crippen LogP contribution is -2.36. The summed E-state index contributed by atoms with van der Waals surface area (Å²) in [5.41, 5.74) is 1.23. The van der Waals surface area contributed by atoms with Crippen molar-refractivity contribution in [2.45, 2.75) is 37.1 Å². The van der Waals surface area contributed by atoms with Crippen LogP contribution in [-0.2, 0) is 10.0 Å². The third kappa shape index (κ3) is 4.99. The number of piperidine rings is 1. The van der Waals surface area contributed by atoms with Crippen molar-refractivity contribution in [2.24, 2.45) is 0 Å². The van der Waals surface area contributed by atoms with Crippen molar-refractivity contribution >= 4 is 31.9 Å². The number of ether oxygens (including phenoxy) is 1. The van der Waals surface area contributed by atoms with Crippen LogP contribution in [0.1, 0.15) is 48.1 Å². The van der Waals surface area contributed by atoms with Crippen molar-refractivity contribution < 1.29 is 17.9 Å². The van der Waals surface area contributed by atoms with Crippen LogP contribution in [0.25, 0.3) is 0 Å². The molecule has 1 aliphatic heterocycles. The van der Waals surface area contributed by atoms with E-state index in [1.807, 2.05) is 31.2 Å². The lowest BCUT2D eigenvalue weighted by atomic mass is 10.1. The Labute approximate surface area is 180 Å². The van der Waals surface area contributed by atoms with Crippen LogP contribution in [0.5, 0.6) is 5.75 Å². The second-order valence-corrected chi connectivity index (χ2v) is 9.90. The molecule has 0 saturated carbocycles. The molecule has 1 N–H and O–H groups in total. The van der Waals surface area contributed by atoms with Crippen LogP contribution in [-0.4, -0.2) is 38.8 Å². The minimum Gasteiger partial charge on any atom is -0.495 e. The Kier molecular flexibility index (Phi) is 6.97. The molecule has 29 heavy (non-hydrogen) atoms. The monoisotopic (exact) mass is 480 g/mol. The molecule has 8 heteroatoms. The van der Waals surface area contributed by atoms with Gasteiger partial charge < -0.3 is 10.1 Å². The minimum atomic E-state index is -3.72. The smallest absolute Gasteiger partial charge is 0.251 e. The standard InChI is InChI=1S/C21H25BrN2O4S/c1-15(16-7-6-8-18(22)13-16)23-21(25)17-9-10-19(28-2)20(14-17)29(26,27)24-11-4-3-5-12-24/h6-10,13-15H,3-5,11-12H2,1-2H3,(H,23,25)/t15-/m1/s1. The molecule has 1 saturated heterocycles. The van der Waals surface area contributed by atoms with Crippen LogP contribution in [0, 0.1) is 0 Å². The van der Waals surface area contributed by atoms with Gasteiger partial charge in [0.25, 0.3) is 5.91 Å². The average molecular weight is 481 g/mol. The average Bonchev–Trinajstić information content (AvgIpc) is 2.73. The van der Waals surface area contributed by atoms with Crippen molar-refractivity contribution in [1.82, 2.24) is 9.62 Å². The van der Waals surface area contributed by atoms with E-state index in [1.165, 1.54) is 23.5 Å². The van der Waals surface area contributed by atoms with Crippen molar-refractivity contribution in [1.29, 1.82) is 0 Å². The fourth-order valence-electron chi connectivity index (χ4n) is 3.40. The number of sulfonamides is 1. The second-order valence-electron chi connectivity index (χ2n) is 7.08. The summed E-state index contributed by atoms with van der Waals surface area (Å²) in [5, 5.41) is 2.93. The summed E-state index contributed by atoms with van der Waals surface area (Å²) >= 11 is 3.43. The first-order valence-electron chi connectivity index (χ1n) is 9.57. The summed E-state index contributed by atoms with van der Waals surface area (Å²) < 4.78 is 33.9. The Hall–Kier alpha value is -1.90. The molecule has 1 atom stereocenters. The van der Waals surface area contributed by atoms with Crippen molar-refractivity contribution in [2.75, 3.05) is 20.2 Å². The lowest BCUT2D eigenvalue weighted by molar-refractivity contribution is 0.0939. The maximum Gasteiger partial charge on any atom is 0.251 e. The molecule has 2 aromatic rings. The van der Waals surface area contributed by atoms with Gasteiger partial charge in [0.1, 0.15) is 10.6 Å². The Balaban J connectivity index is 1.86. The maximum absolute atomic E-state index is 13.1. The van der Waals surface area contributed by atoms with E-state index >= 15 is 0 Å². The van der Waals surface area contributed by atoms with Gasteiger partial charge in [-0.15, -0.1) is 0 Å². The zero-order valence-corrected chi connectivity index (χ0v) is 18.9. The molecule has 6 nitrogen and oxygen atoms in total. The highest BCUT2D eigenvalue weighted by molar-refractivity contribution is 9.10. The fraction of sp³-hybridized carbons (Fsp3) is 0.381. The summed E-state index contributed by atoms with van der Waals surface area (Å²) in [5.74, 6) is -0.0950. The molecular weight excluding hydrogens is 456 g/mol. The van der Waals surface area contributed by atoms with Crippen LogP contribution >= 0.6 is 15.9 Å². The van der Waals surface area contributed by atoms with E-state index < -0.39 is 10.0 Å². The molecule has 0 spiro atoms. The largest absolute Gasteiger partial charge is 0.495 e. The number of methoxy groups -OCH3 is 1. The molecule has 1 heterocycles. The maximum atomic E-state index is 13.1. The third-order valence-electron chi connectivity index (χ3n) is 5.05. The summed E-state index contributed by atoms with van der Waals surface area (Å²) in [7, 11) is -2.29. The number of nitrogens with zero attached hydrogens (tertiary/aromatic N) is 1. The van der Waals surface area contributed by atoms with Gasteiger partial charge in [0.05, 0.1) is 13.2 Å². The molecule has 0 radical (unpaired) electrons. The van der Waals surface area contributed by atoms with E-state index in [9.17, 15) is 13.2 Å². The van der Waals surface area contributed by atoms with Gasteiger partial charge in [-0.1, -0.05) is 34.5 Å². The van der Waals surface area contributed by atoms with Crippen molar-refractivity contribution in [3.8, 4) is 5.75 Å². The topological polar surface area (TPSA) is 75.7 Å². The molecule has 1 amide bonds. The van der Waals surface area contributed by atoms with Gasteiger partial charge in [-0.05, 0) is 55.7 Å². The highest BCUT2D eigenvalue weighted by Gasteiger charge is 2.29. The van der Waals surface area contributed by atoms with E-state index in [-0.39, 0.29) is 28.2 Å². The van der Waals surface area contributed by atoms with Crippen molar-refractivity contribution in [3.05, 3.63) is 58.1 Å². The number of nitrogens with one attached hydrogen (secondary N) is 1. The van der Waals surface area contributed by atoms with Crippen molar-refractivity contribution in [3.63, 3.8) is 0 Å². The molecule has 0 unspecified atom stereocenters. The van der Waals surface area contributed by atoms with Gasteiger partial charge in [0.2, 0.25) is 10.0 Å². The molecule has 0 bridgehead atoms. The SMILES string of the molecule is COc1ccc(C(=O)N[C@H](C)c2cccc(Br)c2)cc1S(=O)(=O)N1CCCCC1. The van der Waals surface area contributed by atoms with Crippen LogP contribution in [0.2, 0.25) is 0 Å². The van der Waals surface area contributed by atoms with E-state index in [0.717, 1.165) is 29.3 Å². The van der Waals surface area contributed by atoms with Gasteiger partial charge in [0, 0.05) is 23.1 Å². The van der Waals surface area contributed by atoms with Gasteiger partial charge in [-0.3, -0.25) is 4.79 Å². The Bertz CT molecular complexity index is 988. The van der Waals surface area contributed by atoms with E-state index in [0.29, 0.717) is 13.1 Å². The zero-order chi connectivity index (χ0) is 21.0. The molecule has 2 aromatic carbocycles. The summed E-state index contributed by atoms with van der Waals surface area (Å²) in [6, 6.07) is 12.0. The van der Waals surface area contributed by atoms with Crippen LogP contribution in [0.4, 0.5) is 0 Å². The molecule has 3 rings (SSSR count). The highest BCUT2D eigenvalue weighted by Crippen LogP contribution is 2.30. The third-order valence-corrected chi connectivity index (χ3v) is 7.47. The molecule has 1 aliphatic rings. The number of benzene rings is 2. The number of carbonyl (C=O) groups is 1. The number of hydrogen-bond donors (Lipinski definition) is 1. The minimum absolute atomic E-state index is 0.0321. The van der Waals surface area contributed by atoms with E-state index in [4.69, 9.17) is 4.74 Å². The Morgan fingerprint density at radius 2 is 1.86 bits per heavy atom. The number of hydrogen-bond acceptors (Lipinski definition) is 4. The van der Waals surface area contributed by atoms with Gasteiger partial charge in [-0.2, -0.15) is 4.31 Å². The lowest BCUT2D eigenvalue weighted by Gasteiger charge is -2.26. The van der Waals surface area contributed by atoms with Gasteiger partial charge >= 0.3 is 0 Å². The molecule has 0 aliphatic carbocycles. The first kappa shape index (κ1) is 21.8. The first-order chi connectivity index (χ1) is 13.8. The van der Waals surface area contributed by atoms with Crippen LogP contribution in [0.15, 0.2) is 51.8 Å². The fourth-order valence-corrected chi connectivity index (χ4v) is 5.52. The number of amides is 1. The van der Waals surface area contributed by atoms with E-state index in [2.05, 4.69) is 21.2 Å². The Morgan fingerprint density at radius 3 is 2.52 bits per heavy atom. The molecule has 1 fully saturated rings. The molecular formula is C21H25BrN2O4S. The predicted octanol–water partition coefficient (Wildman–Crippen LogP) is 4.12. The first-order valence-corrected chi connectivity index (χ1v) is 11.8. The molecule has 0 aromatic heterocycles. The zero-order valence-electron chi connectivity index (χ0n) is 16.5. The normalized spacial score (nSPS) is 16.2. The summed E-state index contributed by atoms with van der Waals surface area (Å²) in [4.78, 5) is 12.8. The summed E-state index contributed by atoms with van der Waals surface area (Å²) in [6.07, 6.45) is 2.71. The van der Waals surface area contributed by atoms with Crippen LogP contribution in [0.3, 0.4) is 0 Å². The van der Waals surface area contributed by atoms with Gasteiger partial charge in [-0.25, -0.2) is 8.42 Å².